The molecule has 0 aliphatic heterocycles. The summed E-state index contributed by atoms with van der Waals surface area (Å²) in [5.74, 6) is 0. The van der Waals surface area contributed by atoms with Gasteiger partial charge in [-0.2, -0.15) is 0 Å². The number of rotatable bonds is 1. The van der Waals surface area contributed by atoms with Crippen LogP contribution in [0, 0.1) is 0 Å². The van der Waals surface area contributed by atoms with Gasteiger partial charge in [-0.05, 0) is 17.5 Å². The van der Waals surface area contributed by atoms with Gasteiger partial charge in [-0.25, -0.2) is 0 Å². The molecule has 1 aromatic carbocycles. The molecule has 1 aromatic heterocycles. The molecule has 0 saturated heterocycles. The molecule has 0 saturated carbocycles. The summed E-state index contributed by atoms with van der Waals surface area (Å²) in [6, 6.07) is 7.75. The summed E-state index contributed by atoms with van der Waals surface area (Å²) in [5, 5.41) is 10.0. The molecule has 0 atom stereocenters. The number of thiophene rings is 1. The van der Waals surface area contributed by atoms with Crippen molar-refractivity contribution in [2.45, 2.75) is 6.61 Å². The lowest BCUT2D eigenvalue weighted by molar-refractivity contribution is 0.285. The highest BCUT2D eigenvalue weighted by molar-refractivity contribution is 7.19. The van der Waals surface area contributed by atoms with Crippen molar-refractivity contribution in [3.05, 3.63) is 29.1 Å². The van der Waals surface area contributed by atoms with Gasteiger partial charge in [0.1, 0.15) is 7.85 Å². The molecule has 0 spiro atoms. The van der Waals surface area contributed by atoms with Gasteiger partial charge in [-0.3, -0.25) is 0 Å². The van der Waals surface area contributed by atoms with Crippen LogP contribution in [-0.4, -0.2) is 13.0 Å². The Labute approximate surface area is 76.1 Å². The van der Waals surface area contributed by atoms with Gasteiger partial charge in [0.15, 0.2) is 0 Å². The molecule has 0 fully saturated rings. The average molecular weight is 174 g/mol. The van der Waals surface area contributed by atoms with Crippen molar-refractivity contribution in [3.8, 4) is 0 Å². The second-order valence-corrected chi connectivity index (χ2v) is 3.84. The van der Waals surface area contributed by atoms with Crippen LogP contribution in [0.4, 0.5) is 0 Å². The standard InChI is InChI=1S/C9H7BOS/c10-7-1-2-9-6(3-7)4-8(5-11)12-9/h1-4,11H,5H2. The molecule has 0 bridgehead atoms. The van der Waals surface area contributed by atoms with E-state index in [0.717, 1.165) is 15.7 Å². The zero-order valence-electron chi connectivity index (χ0n) is 6.45. The smallest absolute Gasteiger partial charge is 0.113 e. The van der Waals surface area contributed by atoms with E-state index < -0.39 is 0 Å². The van der Waals surface area contributed by atoms with Crippen LogP contribution in [0.5, 0.6) is 0 Å². The molecule has 2 radical (unpaired) electrons. The number of aliphatic hydroxyl groups is 1. The molecule has 1 heterocycles. The molecule has 2 aromatic rings. The Bertz CT molecular complexity index is 408. The number of benzene rings is 1. The fourth-order valence-corrected chi connectivity index (χ4v) is 2.10. The van der Waals surface area contributed by atoms with Crippen LogP contribution in [0.25, 0.3) is 10.1 Å². The second kappa shape index (κ2) is 2.92. The van der Waals surface area contributed by atoms with Crippen molar-refractivity contribution in [1.82, 2.24) is 0 Å². The molecule has 3 heteroatoms. The van der Waals surface area contributed by atoms with E-state index in [4.69, 9.17) is 13.0 Å². The maximum absolute atomic E-state index is 8.89. The first-order chi connectivity index (χ1) is 5.79. The third-order valence-electron chi connectivity index (χ3n) is 1.75. The number of hydrogen-bond acceptors (Lipinski definition) is 2. The van der Waals surface area contributed by atoms with Gasteiger partial charge in [0, 0.05) is 9.58 Å². The highest BCUT2D eigenvalue weighted by atomic mass is 32.1. The largest absolute Gasteiger partial charge is 0.391 e. The Balaban J connectivity index is 2.67. The molecule has 0 aliphatic carbocycles. The highest BCUT2D eigenvalue weighted by Crippen LogP contribution is 2.24. The summed E-state index contributed by atoms with van der Waals surface area (Å²) in [7, 11) is 5.62. The maximum Gasteiger partial charge on any atom is 0.113 e. The SMILES string of the molecule is [B]c1ccc2sc(CO)cc2c1. The van der Waals surface area contributed by atoms with E-state index in [1.165, 1.54) is 4.70 Å². The lowest BCUT2D eigenvalue weighted by Crippen LogP contribution is -1.98. The summed E-state index contributed by atoms with van der Waals surface area (Å²) >= 11 is 1.60. The van der Waals surface area contributed by atoms with Crippen LogP contribution in [0.3, 0.4) is 0 Å². The van der Waals surface area contributed by atoms with Gasteiger partial charge in [-0.1, -0.05) is 17.6 Å². The van der Waals surface area contributed by atoms with Gasteiger partial charge < -0.3 is 5.11 Å². The first-order valence-electron chi connectivity index (χ1n) is 3.68. The van der Waals surface area contributed by atoms with E-state index in [1.54, 1.807) is 11.3 Å². The Morgan fingerprint density at radius 3 is 2.92 bits per heavy atom. The molecule has 1 nitrogen and oxygen atoms in total. The lowest BCUT2D eigenvalue weighted by atomic mass is 9.95. The molecular formula is C9H7BOS. The minimum atomic E-state index is 0.110. The van der Waals surface area contributed by atoms with Crippen LogP contribution in [0.15, 0.2) is 24.3 Å². The highest BCUT2D eigenvalue weighted by Gasteiger charge is 1.99. The van der Waals surface area contributed by atoms with Gasteiger partial charge in [-0.15, -0.1) is 11.3 Å². The summed E-state index contributed by atoms with van der Waals surface area (Å²) in [5.41, 5.74) is 0.768. The van der Waals surface area contributed by atoms with E-state index in [0.29, 0.717) is 0 Å². The summed E-state index contributed by atoms with van der Waals surface area (Å²) in [6.45, 7) is 0.110. The monoisotopic (exact) mass is 174 g/mol. The summed E-state index contributed by atoms with van der Waals surface area (Å²) in [6.07, 6.45) is 0. The normalized spacial score (nSPS) is 10.8. The number of fused-ring (bicyclic) bond motifs is 1. The fraction of sp³-hybridized carbons (Fsp3) is 0.111. The van der Waals surface area contributed by atoms with E-state index in [1.807, 2.05) is 24.3 Å². The van der Waals surface area contributed by atoms with Gasteiger partial charge in [0.05, 0.1) is 6.61 Å². The molecule has 0 amide bonds. The molecular weight excluding hydrogens is 167 g/mol. The molecule has 0 aliphatic rings. The summed E-state index contributed by atoms with van der Waals surface area (Å²) in [4.78, 5) is 0.982. The Morgan fingerprint density at radius 2 is 2.17 bits per heavy atom. The zero-order chi connectivity index (χ0) is 8.55. The fourth-order valence-electron chi connectivity index (χ4n) is 1.19. The Hall–Kier alpha value is -0.795. The van der Waals surface area contributed by atoms with Gasteiger partial charge >= 0.3 is 0 Å². The van der Waals surface area contributed by atoms with Crippen molar-refractivity contribution in [3.63, 3.8) is 0 Å². The second-order valence-electron chi connectivity index (χ2n) is 2.67. The van der Waals surface area contributed by atoms with E-state index in [2.05, 4.69) is 0 Å². The van der Waals surface area contributed by atoms with Crippen molar-refractivity contribution in [2.24, 2.45) is 0 Å². The first kappa shape index (κ1) is 7.83. The third-order valence-corrected chi connectivity index (χ3v) is 2.85. The third kappa shape index (κ3) is 1.26. The van der Waals surface area contributed by atoms with Crippen LogP contribution >= 0.6 is 11.3 Å². The first-order valence-corrected chi connectivity index (χ1v) is 4.50. The van der Waals surface area contributed by atoms with Crippen molar-refractivity contribution >= 4 is 34.7 Å². The Kier molecular flexibility index (Phi) is 1.91. The van der Waals surface area contributed by atoms with Crippen LogP contribution in [0.1, 0.15) is 4.88 Å². The molecule has 0 unspecified atom stereocenters. The molecule has 1 N–H and O–H groups in total. The lowest BCUT2D eigenvalue weighted by Gasteiger charge is -1.90. The van der Waals surface area contributed by atoms with Crippen LogP contribution in [0.2, 0.25) is 0 Å². The predicted molar refractivity (Wildman–Crippen MR) is 53.1 cm³/mol. The number of hydrogen-bond donors (Lipinski definition) is 1. The average Bonchev–Trinajstić information content (AvgIpc) is 2.46. The quantitative estimate of drug-likeness (QED) is 0.643. The number of aliphatic hydroxyl groups excluding tert-OH is 1. The van der Waals surface area contributed by atoms with E-state index in [9.17, 15) is 0 Å². The van der Waals surface area contributed by atoms with Gasteiger partial charge in [0.2, 0.25) is 0 Å². The van der Waals surface area contributed by atoms with Crippen molar-refractivity contribution < 1.29 is 5.11 Å². The van der Waals surface area contributed by atoms with E-state index in [-0.39, 0.29) is 6.61 Å². The molecule has 58 valence electrons. The van der Waals surface area contributed by atoms with Crippen LogP contribution < -0.4 is 5.46 Å². The van der Waals surface area contributed by atoms with Crippen LogP contribution in [-0.2, 0) is 6.61 Å². The van der Waals surface area contributed by atoms with Crippen molar-refractivity contribution in [2.75, 3.05) is 0 Å². The van der Waals surface area contributed by atoms with E-state index >= 15 is 0 Å². The van der Waals surface area contributed by atoms with Crippen molar-refractivity contribution in [1.29, 1.82) is 0 Å². The Morgan fingerprint density at radius 1 is 1.33 bits per heavy atom. The topological polar surface area (TPSA) is 20.2 Å². The zero-order valence-corrected chi connectivity index (χ0v) is 7.27. The minimum Gasteiger partial charge on any atom is -0.391 e. The summed E-state index contributed by atoms with van der Waals surface area (Å²) < 4.78 is 1.17. The maximum atomic E-state index is 8.89. The molecule has 12 heavy (non-hydrogen) atoms. The van der Waals surface area contributed by atoms with Gasteiger partial charge in [0.25, 0.3) is 0 Å². The minimum absolute atomic E-state index is 0.110. The molecule has 2 rings (SSSR count). The predicted octanol–water partition coefficient (Wildman–Crippen LogP) is 1.19.